The van der Waals surface area contributed by atoms with E-state index in [1.807, 2.05) is 6.92 Å². The Morgan fingerprint density at radius 1 is 0.857 bits per heavy atom. The SMILES string of the molecule is CCCOC1CCC(OCC2CCC(C)CC2)C(F)C1F. The highest BCUT2D eigenvalue weighted by Crippen LogP contribution is 2.32. The Labute approximate surface area is 127 Å². The molecule has 0 saturated heterocycles. The van der Waals surface area contributed by atoms with Crippen molar-refractivity contribution in [1.82, 2.24) is 0 Å². The van der Waals surface area contributed by atoms with E-state index in [1.54, 1.807) is 0 Å². The van der Waals surface area contributed by atoms with Crippen LogP contribution in [0.2, 0.25) is 0 Å². The van der Waals surface area contributed by atoms with Crippen LogP contribution < -0.4 is 0 Å². The van der Waals surface area contributed by atoms with Gasteiger partial charge in [-0.3, -0.25) is 0 Å². The minimum atomic E-state index is -1.54. The van der Waals surface area contributed by atoms with Crippen molar-refractivity contribution in [1.29, 1.82) is 0 Å². The van der Waals surface area contributed by atoms with Crippen LogP contribution in [0.3, 0.4) is 0 Å². The molecule has 0 aliphatic heterocycles. The van der Waals surface area contributed by atoms with E-state index in [9.17, 15) is 8.78 Å². The van der Waals surface area contributed by atoms with Gasteiger partial charge in [0.15, 0.2) is 12.3 Å². The zero-order chi connectivity index (χ0) is 15.2. The van der Waals surface area contributed by atoms with Gasteiger partial charge in [-0.05, 0) is 43.9 Å². The van der Waals surface area contributed by atoms with Gasteiger partial charge in [-0.25, -0.2) is 8.78 Å². The third-order valence-corrected chi connectivity index (χ3v) is 4.97. The smallest absolute Gasteiger partial charge is 0.160 e. The molecule has 2 nitrogen and oxygen atoms in total. The molecule has 4 heteroatoms. The molecule has 0 aromatic rings. The Bertz CT molecular complexity index is 293. The first-order valence-electron chi connectivity index (χ1n) is 8.63. The van der Waals surface area contributed by atoms with Crippen LogP contribution in [-0.4, -0.2) is 37.8 Å². The van der Waals surface area contributed by atoms with Gasteiger partial charge >= 0.3 is 0 Å². The van der Waals surface area contributed by atoms with Gasteiger partial charge in [0.25, 0.3) is 0 Å². The number of halogens is 2. The summed E-state index contributed by atoms with van der Waals surface area (Å²) >= 11 is 0. The lowest BCUT2D eigenvalue weighted by atomic mass is 9.83. The van der Waals surface area contributed by atoms with Crippen molar-refractivity contribution in [3.63, 3.8) is 0 Å². The van der Waals surface area contributed by atoms with Gasteiger partial charge in [0.05, 0.1) is 12.2 Å². The summed E-state index contributed by atoms with van der Waals surface area (Å²) in [5.74, 6) is 1.33. The van der Waals surface area contributed by atoms with Crippen LogP contribution in [0.25, 0.3) is 0 Å². The van der Waals surface area contributed by atoms with E-state index >= 15 is 0 Å². The predicted molar refractivity (Wildman–Crippen MR) is 79.9 cm³/mol. The fourth-order valence-corrected chi connectivity index (χ4v) is 3.43. The topological polar surface area (TPSA) is 18.5 Å². The van der Waals surface area contributed by atoms with Crippen LogP contribution >= 0.6 is 0 Å². The van der Waals surface area contributed by atoms with E-state index < -0.39 is 24.6 Å². The van der Waals surface area contributed by atoms with Gasteiger partial charge in [0, 0.05) is 13.2 Å². The highest BCUT2D eigenvalue weighted by atomic mass is 19.2. The highest BCUT2D eigenvalue weighted by Gasteiger charge is 2.41. The van der Waals surface area contributed by atoms with Crippen LogP contribution in [0.15, 0.2) is 0 Å². The van der Waals surface area contributed by atoms with Crippen molar-refractivity contribution < 1.29 is 18.3 Å². The largest absolute Gasteiger partial charge is 0.375 e. The normalized spacial score (nSPS) is 41.1. The summed E-state index contributed by atoms with van der Waals surface area (Å²) in [6, 6.07) is 0. The third-order valence-electron chi connectivity index (χ3n) is 4.97. The highest BCUT2D eigenvalue weighted by molar-refractivity contribution is 4.90. The summed E-state index contributed by atoms with van der Waals surface area (Å²) in [6.07, 6.45) is 2.50. The summed E-state index contributed by atoms with van der Waals surface area (Å²) in [5.41, 5.74) is 0. The molecule has 0 radical (unpaired) electrons. The molecule has 124 valence electrons. The summed E-state index contributed by atoms with van der Waals surface area (Å²) in [7, 11) is 0. The van der Waals surface area contributed by atoms with Crippen molar-refractivity contribution in [2.45, 2.75) is 83.3 Å². The maximum absolute atomic E-state index is 14.2. The Morgan fingerprint density at radius 2 is 1.43 bits per heavy atom. The maximum Gasteiger partial charge on any atom is 0.160 e. The van der Waals surface area contributed by atoms with Crippen molar-refractivity contribution in [3.05, 3.63) is 0 Å². The van der Waals surface area contributed by atoms with E-state index in [2.05, 4.69) is 6.92 Å². The van der Waals surface area contributed by atoms with Gasteiger partial charge in [0.1, 0.15) is 0 Å². The van der Waals surface area contributed by atoms with E-state index in [-0.39, 0.29) is 0 Å². The van der Waals surface area contributed by atoms with E-state index in [0.717, 1.165) is 25.2 Å². The summed E-state index contributed by atoms with van der Waals surface area (Å²) in [4.78, 5) is 0. The molecule has 4 atom stereocenters. The summed E-state index contributed by atoms with van der Waals surface area (Å²) in [5, 5.41) is 0. The molecule has 4 unspecified atom stereocenters. The second-order valence-electron chi connectivity index (χ2n) is 6.87. The molecule has 2 aliphatic rings. The summed E-state index contributed by atoms with van der Waals surface area (Å²) < 4.78 is 39.3. The van der Waals surface area contributed by atoms with Crippen LogP contribution in [0, 0.1) is 11.8 Å². The van der Waals surface area contributed by atoms with Crippen LogP contribution in [-0.2, 0) is 9.47 Å². The van der Waals surface area contributed by atoms with Crippen LogP contribution in [0.4, 0.5) is 8.78 Å². The van der Waals surface area contributed by atoms with Gasteiger partial charge < -0.3 is 9.47 Å². The van der Waals surface area contributed by atoms with Crippen LogP contribution in [0.1, 0.15) is 58.8 Å². The first-order valence-corrected chi connectivity index (χ1v) is 8.63. The van der Waals surface area contributed by atoms with Crippen molar-refractivity contribution >= 4 is 0 Å². The van der Waals surface area contributed by atoms with Crippen molar-refractivity contribution in [3.8, 4) is 0 Å². The fraction of sp³-hybridized carbons (Fsp3) is 1.00. The number of ether oxygens (including phenoxy) is 2. The zero-order valence-electron chi connectivity index (χ0n) is 13.4. The molecule has 21 heavy (non-hydrogen) atoms. The molecule has 2 fully saturated rings. The van der Waals surface area contributed by atoms with E-state index in [1.165, 1.54) is 12.8 Å². The molecular weight excluding hydrogens is 274 g/mol. The van der Waals surface area contributed by atoms with E-state index in [0.29, 0.717) is 32.0 Å². The molecule has 2 aliphatic carbocycles. The van der Waals surface area contributed by atoms with Crippen molar-refractivity contribution in [2.24, 2.45) is 11.8 Å². The quantitative estimate of drug-likeness (QED) is 0.721. The third kappa shape index (κ3) is 4.88. The molecule has 0 N–H and O–H groups in total. The molecule has 0 heterocycles. The monoisotopic (exact) mass is 304 g/mol. The molecule has 2 saturated carbocycles. The number of rotatable bonds is 6. The molecule has 2 rings (SSSR count). The number of alkyl halides is 2. The minimum Gasteiger partial charge on any atom is -0.375 e. The summed E-state index contributed by atoms with van der Waals surface area (Å²) in [6.45, 7) is 5.34. The lowest BCUT2D eigenvalue weighted by Crippen LogP contribution is -2.47. The lowest BCUT2D eigenvalue weighted by Gasteiger charge is -2.35. The minimum absolute atomic E-state index is 0.504. The number of hydrogen-bond donors (Lipinski definition) is 0. The Hall–Kier alpha value is -0.220. The predicted octanol–water partition coefficient (Wildman–Crippen LogP) is 4.46. The number of hydrogen-bond acceptors (Lipinski definition) is 2. The standard InChI is InChI=1S/C17H30F2O2/c1-3-10-20-14-8-9-15(17(19)16(14)18)21-11-13-6-4-12(2)5-7-13/h12-17H,3-11H2,1-2H3. The molecule has 0 aromatic heterocycles. The fourth-order valence-electron chi connectivity index (χ4n) is 3.43. The van der Waals surface area contributed by atoms with Gasteiger partial charge in [-0.15, -0.1) is 0 Å². The van der Waals surface area contributed by atoms with Gasteiger partial charge in [-0.2, -0.15) is 0 Å². The Morgan fingerprint density at radius 3 is 2.00 bits per heavy atom. The van der Waals surface area contributed by atoms with Crippen LogP contribution in [0.5, 0.6) is 0 Å². The Kier molecular flexibility index (Phi) is 6.87. The molecule has 0 amide bonds. The molecule has 0 spiro atoms. The van der Waals surface area contributed by atoms with Gasteiger partial charge in [-0.1, -0.05) is 26.7 Å². The molecular formula is C17H30F2O2. The van der Waals surface area contributed by atoms with Gasteiger partial charge in [0.2, 0.25) is 0 Å². The average molecular weight is 304 g/mol. The average Bonchev–Trinajstić information content (AvgIpc) is 2.49. The second kappa shape index (κ2) is 8.42. The zero-order valence-corrected chi connectivity index (χ0v) is 13.4. The first-order chi connectivity index (χ1) is 10.1. The first kappa shape index (κ1) is 17.1. The Balaban J connectivity index is 1.72. The maximum atomic E-state index is 14.2. The van der Waals surface area contributed by atoms with Crippen molar-refractivity contribution in [2.75, 3.05) is 13.2 Å². The lowest BCUT2D eigenvalue weighted by molar-refractivity contribution is -0.123. The molecule has 0 aromatic carbocycles. The molecule has 0 bridgehead atoms. The van der Waals surface area contributed by atoms with E-state index in [4.69, 9.17) is 9.47 Å². The second-order valence-corrected chi connectivity index (χ2v) is 6.87.